The molecular formula is C15H27N3O. The van der Waals surface area contributed by atoms with Crippen LogP contribution in [-0.4, -0.2) is 29.9 Å². The predicted octanol–water partition coefficient (Wildman–Crippen LogP) is 2.29. The zero-order chi connectivity index (χ0) is 14.3. The molecule has 3 unspecified atom stereocenters. The molecule has 19 heavy (non-hydrogen) atoms. The molecule has 3 atom stereocenters. The third-order valence-electron chi connectivity index (χ3n) is 4.30. The summed E-state index contributed by atoms with van der Waals surface area (Å²) in [5, 5.41) is 9.34. The van der Waals surface area contributed by atoms with Gasteiger partial charge in [0.1, 0.15) is 0 Å². The van der Waals surface area contributed by atoms with Crippen molar-refractivity contribution in [3.05, 3.63) is 0 Å². The van der Waals surface area contributed by atoms with Crippen molar-refractivity contribution in [2.75, 3.05) is 13.1 Å². The van der Waals surface area contributed by atoms with Crippen LogP contribution in [-0.2, 0) is 4.79 Å². The lowest BCUT2D eigenvalue weighted by Gasteiger charge is -2.39. The van der Waals surface area contributed by atoms with Crippen molar-refractivity contribution in [2.45, 2.75) is 58.4 Å². The summed E-state index contributed by atoms with van der Waals surface area (Å²) in [5.41, 5.74) is 5.36. The second-order valence-electron chi connectivity index (χ2n) is 5.68. The Morgan fingerprint density at radius 3 is 2.68 bits per heavy atom. The number of nitrogens with two attached hydrogens (primary N) is 1. The highest BCUT2D eigenvalue weighted by Crippen LogP contribution is 2.33. The van der Waals surface area contributed by atoms with E-state index in [2.05, 4.69) is 24.8 Å². The van der Waals surface area contributed by atoms with Crippen LogP contribution in [0.5, 0.6) is 0 Å². The lowest BCUT2D eigenvalue weighted by atomic mass is 9.77. The standard InChI is InChI=1S/C15H27N3O/c1-3-5-8-18(11-15(17)19)14-9-12(4-2)6-7-13(14)10-16/h12-14H,3-9,11H2,1-2H3,(H2,17,19). The minimum atomic E-state index is -0.286. The Morgan fingerprint density at radius 2 is 2.16 bits per heavy atom. The van der Waals surface area contributed by atoms with Gasteiger partial charge in [-0.15, -0.1) is 0 Å². The van der Waals surface area contributed by atoms with Gasteiger partial charge >= 0.3 is 0 Å². The van der Waals surface area contributed by atoms with E-state index in [1.54, 1.807) is 0 Å². The molecule has 1 aliphatic carbocycles. The summed E-state index contributed by atoms with van der Waals surface area (Å²) in [4.78, 5) is 13.4. The molecular weight excluding hydrogens is 238 g/mol. The lowest BCUT2D eigenvalue weighted by Crippen LogP contribution is -2.47. The van der Waals surface area contributed by atoms with Crippen LogP contribution in [0.2, 0.25) is 0 Å². The largest absolute Gasteiger partial charge is 0.369 e. The van der Waals surface area contributed by atoms with Gasteiger partial charge in [0.05, 0.1) is 18.5 Å². The molecule has 4 heteroatoms. The molecule has 1 amide bonds. The van der Waals surface area contributed by atoms with Gasteiger partial charge in [-0.1, -0.05) is 26.7 Å². The number of carbonyl (C=O) groups excluding carboxylic acids is 1. The minimum Gasteiger partial charge on any atom is -0.369 e. The fourth-order valence-electron chi connectivity index (χ4n) is 3.08. The maximum absolute atomic E-state index is 11.3. The van der Waals surface area contributed by atoms with E-state index in [1.165, 1.54) is 0 Å². The third kappa shape index (κ3) is 4.83. The van der Waals surface area contributed by atoms with Gasteiger partial charge in [-0.3, -0.25) is 9.69 Å². The molecule has 4 nitrogen and oxygen atoms in total. The van der Waals surface area contributed by atoms with Crippen molar-refractivity contribution in [2.24, 2.45) is 17.6 Å². The fourth-order valence-corrected chi connectivity index (χ4v) is 3.08. The Balaban J connectivity index is 2.75. The molecule has 1 saturated carbocycles. The van der Waals surface area contributed by atoms with E-state index in [1.807, 2.05) is 0 Å². The van der Waals surface area contributed by atoms with E-state index >= 15 is 0 Å². The quantitative estimate of drug-likeness (QED) is 0.767. The summed E-state index contributed by atoms with van der Waals surface area (Å²) in [7, 11) is 0. The van der Waals surface area contributed by atoms with Gasteiger partial charge in [-0.2, -0.15) is 5.26 Å². The molecule has 2 N–H and O–H groups in total. The van der Waals surface area contributed by atoms with Crippen molar-refractivity contribution < 1.29 is 4.79 Å². The normalized spacial score (nSPS) is 27.2. The van der Waals surface area contributed by atoms with Gasteiger partial charge < -0.3 is 5.73 Å². The van der Waals surface area contributed by atoms with Crippen molar-refractivity contribution in [1.82, 2.24) is 4.90 Å². The zero-order valence-electron chi connectivity index (χ0n) is 12.3. The van der Waals surface area contributed by atoms with Crippen LogP contribution in [0.15, 0.2) is 0 Å². The first-order chi connectivity index (χ1) is 9.12. The summed E-state index contributed by atoms with van der Waals surface area (Å²) in [6.07, 6.45) is 6.44. The molecule has 0 bridgehead atoms. The number of nitrogens with zero attached hydrogens (tertiary/aromatic N) is 2. The highest BCUT2D eigenvalue weighted by Gasteiger charge is 2.34. The Hall–Kier alpha value is -1.08. The SMILES string of the molecule is CCCCN(CC(N)=O)C1CC(CC)CCC1C#N. The van der Waals surface area contributed by atoms with Gasteiger partial charge in [0.15, 0.2) is 0 Å². The van der Waals surface area contributed by atoms with Crippen LogP contribution in [0.25, 0.3) is 0 Å². The second-order valence-corrected chi connectivity index (χ2v) is 5.68. The van der Waals surface area contributed by atoms with Crippen molar-refractivity contribution >= 4 is 5.91 Å². The highest BCUT2D eigenvalue weighted by atomic mass is 16.1. The number of nitriles is 1. The minimum absolute atomic E-state index is 0.0546. The predicted molar refractivity (Wildman–Crippen MR) is 76.2 cm³/mol. The molecule has 0 aliphatic heterocycles. The molecule has 0 radical (unpaired) electrons. The van der Waals surface area contributed by atoms with Crippen LogP contribution in [0.4, 0.5) is 0 Å². The van der Waals surface area contributed by atoms with Gasteiger partial charge in [0, 0.05) is 6.04 Å². The van der Waals surface area contributed by atoms with Crippen molar-refractivity contribution in [3.8, 4) is 6.07 Å². The monoisotopic (exact) mass is 265 g/mol. The summed E-state index contributed by atoms with van der Waals surface area (Å²) >= 11 is 0. The summed E-state index contributed by atoms with van der Waals surface area (Å²) in [6, 6.07) is 2.65. The number of carbonyl (C=O) groups is 1. The Labute approximate surface area is 116 Å². The van der Waals surface area contributed by atoms with Crippen LogP contribution in [0.3, 0.4) is 0 Å². The van der Waals surface area contributed by atoms with Gasteiger partial charge in [0.25, 0.3) is 0 Å². The van der Waals surface area contributed by atoms with Crippen molar-refractivity contribution in [3.63, 3.8) is 0 Å². The molecule has 1 aliphatic rings. The number of rotatable bonds is 7. The van der Waals surface area contributed by atoms with Gasteiger partial charge in [-0.25, -0.2) is 0 Å². The molecule has 108 valence electrons. The molecule has 0 spiro atoms. The number of primary amides is 1. The zero-order valence-corrected chi connectivity index (χ0v) is 12.3. The second kappa shape index (κ2) is 8.16. The van der Waals surface area contributed by atoms with Crippen LogP contribution in [0.1, 0.15) is 52.4 Å². The molecule has 0 aromatic heterocycles. The van der Waals surface area contributed by atoms with E-state index < -0.39 is 0 Å². The van der Waals surface area contributed by atoms with Gasteiger partial charge in [-0.05, 0) is 38.1 Å². The average molecular weight is 265 g/mol. The topological polar surface area (TPSA) is 70.1 Å². The summed E-state index contributed by atoms with van der Waals surface area (Å²) in [5.74, 6) is 0.456. The molecule has 1 fully saturated rings. The van der Waals surface area contributed by atoms with Gasteiger partial charge in [0.2, 0.25) is 5.91 Å². The number of hydrogen-bond acceptors (Lipinski definition) is 3. The van der Waals surface area contributed by atoms with E-state index in [4.69, 9.17) is 5.73 Å². The first-order valence-corrected chi connectivity index (χ1v) is 7.54. The van der Waals surface area contributed by atoms with Crippen LogP contribution >= 0.6 is 0 Å². The molecule has 0 aromatic carbocycles. The van der Waals surface area contributed by atoms with Crippen LogP contribution in [0, 0.1) is 23.2 Å². The van der Waals surface area contributed by atoms with E-state index in [0.717, 1.165) is 45.1 Å². The van der Waals surface area contributed by atoms with E-state index in [9.17, 15) is 10.1 Å². The van der Waals surface area contributed by atoms with E-state index in [0.29, 0.717) is 12.5 Å². The van der Waals surface area contributed by atoms with Crippen LogP contribution < -0.4 is 5.73 Å². The third-order valence-corrected chi connectivity index (χ3v) is 4.30. The number of hydrogen-bond donors (Lipinski definition) is 1. The van der Waals surface area contributed by atoms with E-state index in [-0.39, 0.29) is 17.9 Å². The number of unbranched alkanes of at least 4 members (excludes halogenated alkanes) is 1. The molecule has 0 aromatic rings. The van der Waals surface area contributed by atoms with Crippen molar-refractivity contribution in [1.29, 1.82) is 5.26 Å². The summed E-state index contributed by atoms with van der Waals surface area (Å²) in [6.45, 7) is 5.51. The maximum Gasteiger partial charge on any atom is 0.231 e. The summed E-state index contributed by atoms with van der Waals surface area (Å²) < 4.78 is 0. The molecule has 0 heterocycles. The highest BCUT2D eigenvalue weighted by molar-refractivity contribution is 5.75. The Bertz CT molecular complexity index is 324. The molecule has 0 saturated heterocycles. The first kappa shape index (κ1) is 16.0. The average Bonchev–Trinajstić information content (AvgIpc) is 2.42. The lowest BCUT2D eigenvalue weighted by molar-refractivity contribution is -0.120. The maximum atomic E-state index is 11.3. The fraction of sp³-hybridized carbons (Fsp3) is 0.867. The number of amides is 1. The Kier molecular flexibility index (Phi) is 6.86. The smallest absolute Gasteiger partial charge is 0.231 e. The first-order valence-electron chi connectivity index (χ1n) is 7.54. The molecule has 1 rings (SSSR count). The Morgan fingerprint density at radius 1 is 1.42 bits per heavy atom.